The van der Waals surface area contributed by atoms with Gasteiger partial charge in [0.2, 0.25) is 5.16 Å². The third-order valence-corrected chi connectivity index (χ3v) is 3.66. The highest BCUT2D eigenvalue weighted by Crippen LogP contribution is 2.18. The third-order valence-electron chi connectivity index (χ3n) is 2.73. The Kier molecular flexibility index (Phi) is 5.59. The Morgan fingerprint density at radius 3 is 2.57 bits per heavy atom. The van der Waals surface area contributed by atoms with Crippen molar-refractivity contribution in [3.8, 4) is 5.75 Å². The molecule has 8 heteroatoms. The second-order valence-electron chi connectivity index (χ2n) is 5.84. The highest BCUT2D eigenvalue weighted by molar-refractivity contribution is 7.99. The first kappa shape index (κ1) is 17.3. The van der Waals surface area contributed by atoms with Crippen LogP contribution in [0.3, 0.4) is 0 Å². The Morgan fingerprint density at radius 1 is 1.26 bits per heavy atom. The molecule has 0 atom stereocenters. The number of aromatic nitrogens is 4. The first-order chi connectivity index (χ1) is 10.9. The van der Waals surface area contributed by atoms with E-state index in [0.717, 1.165) is 11.3 Å². The van der Waals surface area contributed by atoms with E-state index in [1.165, 1.54) is 11.8 Å². The van der Waals surface area contributed by atoms with Crippen molar-refractivity contribution in [1.29, 1.82) is 0 Å². The minimum atomic E-state index is -0.493. The fourth-order valence-corrected chi connectivity index (χ4v) is 2.45. The summed E-state index contributed by atoms with van der Waals surface area (Å²) >= 11 is 1.26. The van der Waals surface area contributed by atoms with Crippen molar-refractivity contribution in [2.75, 3.05) is 12.9 Å². The average molecular weight is 336 g/mol. The Labute approximate surface area is 139 Å². The summed E-state index contributed by atoms with van der Waals surface area (Å²) in [7, 11) is 1.63. The van der Waals surface area contributed by atoms with E-state index in [1.807, 2.05) is 45.0 Å². The maximum atomic E-state index is 11.8. The lowest BCUT2D eigenvalue weighted by Crippen LogP contribution is -2.25. The second kappa shape index (κ2) is 7.45. The van der Waals surface area contributed by atoms with Gasteiger partial charge in [0.15, 0.2) is 0 Å². The zero-order valence-electron chi connectivity index (χ0n) is 13.6. The molecule has 1 aromatic heterocycles. The quantitative estimate of drug-likeness (QED) is 0.591. The molecule has 0 saturated carbocycles. The van der Waals surface area contributed by atoms with E-state index in [4.69, 9.17) is 9.47 Å². The van der Waals surface area contributed by atoms with Crippen LogP contribution in [0, 0.1) is 0 Å². The fourth-order valence-electron chi connectivity index (χ4n) is 1.80. The molecule has 0 bridgehead atoms. The summed E-state index contributed by atoms with van der Waals surface area (Å²) in [5.41, 5.74) is 0.546. The van der Waals surface area contributed by atoms with Gasteiger partial charge in [-0.25, -0.2) is 4.68 Å². The molecule has 124 valence electrons. The molecule has 0 aliphatic heterocycles. The molecule has 0 spiro atoms. The van der Waals surface area contributed by atoms with Crippen LogP contribution in [0.15, 0.2) is 29.4 Å². The van der Waals surface area contributed by atoms with E-state index in [2.05, 4.69) is 15.5 Å². The summed E-state index contributed by atoms with van der Waals surface area (Å²) in [6, 6.07) is 7.66. The lowest BCUT2D eigenvalue weighted by atomic mass is 10.2. The zero-order valence-corrected chi connectivity index (χ0v) is 14.5. The number of hydrogen-bond donors (Lipinski definition) is 0. The Bertz CT molecular complexity index is 649. The molecule has 23 heavy (non-hydrogen) atoms. The van der Waals surface area contributed by atoms with E-state index in [1.54, 1.807) is 11.8 Å². The number of tetrazole rings is 1. The second-order valence-corrected chi connectivity index (χ2v) is 6.78. The summed E-state index contributed by atoms with van der Waals surface area (Å²) in [5.74, 6) is 0.673. The number of benzene rings is 1. The largest absolute Gasteiger partial charge is 0.497 e. The normalized spacial score (nSPS) is 11.3. The van der Waals surface area contributed by atoms with Crippen molar-refractivity contribution in [2.45, 2.75) is 38.1 Å². The smallest absolute Gasteiger partial charge is 0.316 e. The zero-order chi connectivity index (χ0) is 16.9. The summed E-state index contributed by atoms with van der Waals surface area (Å²) in [5, 5.41) is 12.2. The molecule has 1 heterocycles. The number of hydrogen-bond acceptors (Lipinski definition) is 7. The number of nitrogens with zero attached hydrogens (tertiary/aromatic N) is 4. The van der Waals surface area contributed by atoms with Crippen LogP contribution in [0.1, 0.15) is 26.3 Å². The molecule has 7 nitrogen and oxygen atoms in total. The van der Waals surface area contributed by atoms with Gasteiger partial charge in [0.1, 0.15) is 11.4 Å². The van der Waals surface area contributed by atoms with Gasteiger partial charge in [0.25, 0.3) is 0 Å². The number of ether oxygens (including phenoxy) is 2. The monoisotopic (exact) mass is 336 g/mol. The van der Waals surface area contributed by atoms with E-state index in [9.17, 15) is 4.79 Å². The third kappa shape index (κ3) is 5.55. The number of carbonyl (C=O) groups is 1. The van der Waals surface area contributed by atoms with Crippen LogP contribution in [0.2, 0.25) is 0 Å². The van der Waals surface area contributed by atoms with Crippen molar-refractivity contribution in [1.82, 2.24) is 20.2 Å². The molecular weight excluding hydrogens is 316 g/mol. The van der Waals surface area contributed by atoms with Gasteiger partial charge in [-0.1, -0.05) is 23.9 Å². The number of rotatable bonds is 6. The summed E-state index contributed by atoms with van der Waals surface area (Å²) in [6.07, 6.45) is 0. The van der Waals surface area contributed by atoms with Gasteiger partial charge in [0.05, 0.1) is 19.4 Å². The van der Waals surface area contributed by atoms with Crippen LogP contribution in [0.25, 0.3) is 0 Å². The molecule has 2 aromatic rings. The Hall–Kier alpha value is -2.09. The van der Waals surface area contributed by atoms with Crippen molar-refractivity contribution in [3.05, 3.63) is 29.8 Å². The molecule has 0 saturated heterocycles. The first-order valence-corrected chi connectivity index (χ1v) is 8.10. The number of thioether (sulfide) groups is 1. The highest BCUT2D eigenvalue weighted by atomic mass is 32.2. The van der Waals surface area contributed by atoms with Crippen molar-refractivity contribution in [2.24, 2.45) is 0 Å². The molecule has 0 N–H and O–H groups in total. The molecule has 0 radical (unpaired) electrons. The fraction of sp³-hybridized carbons (Fsp3) is 0.467. The van der Waals surface area contributed by atoms with Gasteiger partial charge in [-0.05, 0) is 48.9 Å². The van der Waals surface area contributed by atoms with Crippen LogP contribution in [0.5, 0.6) is 5.75 Å². The SMILES string of the molecule is COc1ccc(Cn2nnnc2SCC(=O)OC(C)(C)C)cc1. The molecule has 1 aromatic carbocycles. The van der Waals surface area contributed by atoms with Crippen LogP contribution in [-0.2, 0) is 16.1 Å². The summed E-state index contributed by atoms with van der Waals surface area (Å²) in [4.78, 5) is 11.8. The molecule has 0 amide bonds. The summed E-state index contributed by atoms with van der Waals surface area (Å²) in [6.45, 7) is 6.03. The minimum Gasteiger partial charge on any atom is -0.497 e. The van der Waals surface area contributed by atoms with Gasteiger partial charge < -0.3 is 9.47 Å². The van der Waals surface area contributed by atoms with Gasteiger partial charge in [-0.3, -0.25) is 4.79 Å². The predicted molar refractivity (Wildman–Crippen MR) is 86.5 cm³/mol. The molecule has 0 fully saturated rings. The van der Waals surface area contributed by atoms with Crippen molar-refractivity contribution < 1.29 is 14.3 Å². The number of carbonyl (C=O) groups excluding carboxylic acids is 1. The maximum Gasteiger partial charge on any atom is 0.316 e. The van der Waals surface area contributed by atoms with E-state index in [-0.39, 0.29) is 11.7 Å². The van der Waals surface area contributed by atoms with Gasteiger partial charge in [0, 0.05) is 0 Å². The summed E-state index contributed by atoms with van der Waals surface area (Å²) < 4.78 is 12.0. The van der Waals surface area contributed by atoms with E-state index < -0.39 is 5.60 Å². The standard InChI is InChI=1S/C15H20N4O3S/c1-15(2,3)22-13(20)10-23-14-16-17-18-19(14)9-11-5-7-12(21-4)8-6-11/h5-8H,9-10H2,1-4H3. The highest BCUT2D eigenvalue weighted by Gasteiger charge is 2.17. The number of esters is 1. The molecular formula is C15H20N4O3S. The van der Waals surface area contributed by atoms with E-state index >= 15 is 0 Å². The predicted octanol–water partition coefficient (Wildman–Crippen LogP) is 2.16. The average Bonchev–Trinajstić information content (AvgIpc) is 2.91. The lowest BCUT2D eigenvalue weighted by Gasteiger charge is -2.19. The topological polar surface area (TPSA) is 79.1 Å². The van der Waals surface area contributed by atoms with Gasteiger partial charge >= 0.3 is 5.97 Å². The number of methoxy groups -OCH3 is 1. The first-order valence-electron chi connectivity index (χ1n) is 7.11. The van der Waals surface area contributed by atoms with Gasteiger partial charge in [-0.15, -0.1) is 5.10 Å². The maximum absolute atomic E-state index is 11.8. The van der Waals surface area contributed by atoms with Crippen LogP contribution in [-0.4, -0.2) is 44.6 Å². The van der Waals surface area contributed by atoms with Gasteiger partial charge in [-0.2, -0.15) is 0 Å². The molecule has 0 aliphatic rings. The Balaban J connectivity index is 1.95. The van der Waals surface area contributed by atoms with E-state index in [0.29, 0.717) is 11.7 Å². The van der Waals surface area contributed by atoms with Crippen LogP contribution >= 0.6 is 11.8 Å². The Morgan fingerprint density at radius 2 is 1.96 bits per heavy atom. The lowest BCUT2D eigenvalue weighted by molar-refractivity contribution is -0.151. The molecule has 0 unspecified atom stereocenters. The van der Waals surface area contributed by atoms with Crippen LogP contribution in [0.4, 0.5) is 0 Å². The van der Waals surface area contributed by atoms with Crippen molar-refractivity contribution in [3.63, 3.8) is 0 Å². The molecule has 0 aliphatic carbocycles. The minimum absolute atomic E-state index is 0.167. The van der Waals surface area contributed by atoms with Crippen molar-refractivity contribution >= 4 is 17.7 Å². The van der Waals surface area contributed by atoms with Crippen LogP contribution < -0.4 is 4.74 Å². The molecule has 2 rings (SSSR count).